The van der Waals surface area contributed by atoms with Crippen molar-refractivity contribution in [3.8, 4) is 5.69 Å². The average molecular weight is 419 g/mol. The van der Waals surface area contributed by atoms with Gasteiger partial charge in [-0.1, -0.05) is 30.3 Å². The number of aromatic nitrogens is 2. The van der Waals surface area contributed by atoms with Crippen LogP contribution in [0.25, 0.3) is 5.69 Å². The van der Waals surface area contributed by atoms with Crippen LogP contribution in [0.1, 0.15) is 35.2 Å². The monoisotopic (exact) mass is 418 g/mol. The molecule has 1 spiro atoms. The maximum Gasteiger partial charge on any atom is 0.257 e. The Bertz CT molecular complexity index is 1050. The van der Waals surface area contributed by atoms with Crippen LogP contribution in [0, 0.1) is 11.2 Å². The third kappa shape index (κ3) is 4.26. The number of para-hydroxylation sites is 1. The summed E-state index contributed by atoms with van der Waals surface area (Å²) in [7, 11) is 0. The molecule has 5 rings (SSSR count). The third-order valence-electron chi connectivity index (χ3n) is 6.64. The Morgan fingerprint density at radius 3 is 2.61 bits per heavy atom. The van der Waals surface area contributed by atoms with Crippen LogP contribution in [0.3, 0.4) is 0 Å². The van der Waals surface area contributed by atoms with Crippen molar-refractivity contribution in [2.24, 2.45) is 5.41 Å². The lowest BCUT2D eigenvalue weighted by molar-refractivity contribution is 0.0675. The third-order valence-corrected chi connectivity index (χ3v) is 6.64. The molecule has 0 N–H and O–H groups in total. The maximum absolute atomic E-state index is 13.2. The van der Waals surface area contributed by atoms with Crippen molar-refractivity contribution < 1.29 is 9.18 Å². The molecule has 2 aliphatic heterocycles. The van der Waals surface area contributed by atoms with Crippen LogP contribution < -0.4 is 0 Å². The number of carbonyl (C=O) groups excluding carboxylic acids is 1. The van der Waals surface area contributed by atoms with E-state index in [0.29, 0.717) is 5.56 Å². The zero-order valence-corrected chi connectivity index (χ0v) is 17.6. The van der Waals surface area contributed by atoms with E-state index in [1.54, 1.807) is 10.9 Å². The predicted octanol–water partition coefficient (Wildman–Crippen LogP) is 4.14. The zero-order chi connectivity index (χ0) is 21.3. The number of hydrogen-bond acceptors (Lipinski definition) is 3. The highest BCUT2D eigenvalue weighted by Gasteiger charge is 2.43. The largest absolute Gasteiger partial charge is 0.338 e. The molecular weight excluding hydrogens is 391 g/mol. The molecule has 160 valence electrons. The lowest BCUT2D eigenvalue weighted by atomic mass is 9.79. The minimum atomic E-state index is -0.195. The van der Waals surface area contributed by atoms with Gasteiger partial charge in [-0.25, -0.2) is 9.07 Å². The fourth-order valence-corrected chi connectivity index (χ4v) is 5.07. The number of halogens is 1. The summed E-state index contributed by atoms with van der Waals surface area (Å²) in [6.45, 7) is 4.45. The lowest BCUT2D eigenvalue weighted by Crippen LogP contribution is -2.45. The maximum atomic E-state index is 13.2. The molecule has 0 radical (unpaired) electrons. The Kier molecular flexibility index (Phi) is 5.32. The molecule has 6 heteroatoms. The lowest BCUT2D eigenvalue weighted by Gasteiger charge is -2.40. The second-order valence-corrected chi connectivity index (χ2v) is 8.93. The topological polar surface area (TPSA) is 41.4 Å². The van der Waals surface area contributed by atoms with Crippen molar-refractivity contribution >= 4 is 5.91 Å². The quantitative estimate of drug-likeness (QED) is 0.640. The molecule has 0 aliphatic carbocycles. The Hall–Kier alpha value is -2.99. The summed E-state index contributed by atoms with van der Waals surface area (Å²) in [6.07, 6.45) is 6.81. The van der Waals surface area contributed by atoms with Crippen LogP contribution in [0.5, 0.6) is 0 Å². The molecule has 5 nitrogen and oxygen atoms in total. The van der Waals surface area contributed by atoms with E-state index >= 15 is 0 Å². The number of nitrogens with zero attached hydrogens (tertiary/aromatic N) is 4. The molecule has 3 aromatic rings. The fourth-order valence-electron chi connectivity index (χ4n) is 5.07. The number of amides is 1. The molecule has 1 atom stereocenters. The van der Waals surface area contributed by atoms with Crippen LogP contribution in [-0.4, -0.2) is 51.7 Å². The first-order chi connectivity index (χ1) is 15.1. The first-order valence-corrected chi connectivity index (χ1v) is 11.0. The standard InChI is InChI=1S/C25H27FN4O/c26-22-9-7-20(8-10-22)16-28-13-4-11-25(18-28)12-14-29(19-25)24(31)21-15-27-30(17-21)23-5-2-1-3-6-23/h1-3,5-10,15,17H,4,11-14,16,18-19H2. The molecule has 2 aromatic carbocycles. The minimum Gasteiger partial charge on any atom is -0.338 e. The molecule has 2 fully saturated rings. The van der Waals surface area contributed by atoms with Crippen LogP contribution in [-0.2, 0) is 6.54 Å². The van der Waals surface area contributed by atoms with E-state index in [1.807, 2.05) is 53.6 Å². The van der Waals surface area contributed by atoms with Gasteiger partial charge in [-0.05, 0) is 55.6 Å². The Labute approximate surface area is 182 Å². The minimum absolute atomic E-state index is 0.0646. The molecular formula is C25H27FN4O. The fraction of sp³-hybridized carbons (Fsp3) is 0.360. The normalized spacial score (nSPS) is 21.6. The van der Waals surface area contributed by atoms with E-state index in [1.165, 1.54) is 12.1 Å². The van der Waals surface area contributed by atoms with Gasteiger partial charge in [-0.15, -0.1) is 0 Å². The van der Waals surface area contributed by atoms with Gasteiger partial charge >= 0.3 is 0 Å². The van der Waals surface area contributed by atoms with Crippen LogP contribution in [0.2, 0.25) is 0 Å². The molecule has 0 bridgehead atoms. The highest BCUT2D eigenvalue weighted by Crippen LogP contribution is 2.39. The second-order valence-electron chi connectivity index (χ2n) is 8.93. The molecule has 1 unspecified atom stereocenters. The van der Waals surface area contributed by atoms with Crippen molar-refractivity contribution in [2.75, 3.05) is 26.2 Å². The summed E-state index contributed by atoms with van der Waals surface area (Å²) < 4.78 is 15.0. The summed E-state index contributed by atoms with van der Waals surface area (Å²) in [5, 5.41) is 4.38. The van der Waals surface area contributed by atoms with Gasteiger partial charge in [0.2, 0.25) is 0 Å². The molecule has 3 heterocycles. The highest BCUT2D eigenvalue weighted by molar-refractivity contribution is 5.94. The molecule has 1 aromatic heterocycles. The molecule has 2 aliphatic rings. The predicted molar refractivity (Wildman–Crippen MR) is 117 cm³/mol. The molecule has 0 saturated carbocycles. The number of carbonyl (C=O) groups is 1. The van der Waals surface area contributed by atoms with Crippen molar-refractivity contribution in [3.05, 3.63) is 83.9 Å². The van der Waals surface area contributed by atoms with Gasteiger partial charge < -0.3 is 4.90 Å². The van der Waals surface area contributed by atoms with Crippen LogP contribution in [0.15, 0.2) is 67.0 Å². The van der Waals surface area contributed by atoms with Crippen molar-refractivity contribution in [1.82, 2.24) is 19.6 Å². The number of benzene rings is 2. The Morgan fingerprint density at radius 2 is 1.81 bits per heavy atom. The van der Waals surface area contributed by atoms with E-state index in [-0.39, 0.29) is 17.1 Å². The van der Waals surface area contributed by atoms with Gasteiger partial charge in [0.05, 0.1) is 17.4 Å². The molecule has 1 amide bonds. The highest BCUT2D eigenvalue weighted by atomic mass is 19.1. The van der Waals surface area contributed by atoms with Gasteiger partial charge in [0, 0.05) is 37.8 Å². The average Bonchev–Trinajstić information content (AvgIpc) is 3.44. The van der Waals surface area contributed by atoms with Gasteiger partial charge in [0.25, 0.3) is 5.91 Å². The number of likely N-dealkylation sites (tertiary alicyclic amines) is 2. The van der Waals surface area contributed by atoms with Gasteiger partial charge in [-0.3, -0.25) is 9.69 Å². The molecule has 2 saturated heterocycles. The van der Waals surface area contributed by atoms with Crippen LogP contribution >= 0.6 is 0 Å². The van der Waals surface area contributed by atoms with Crippen molar-refractivity contribution in [3.63, 3.8) is 0 Å². The van der Waals surface area contributed by atoms with Gasteiger partial charge in [0.1, 0.15) is 5.82 Å². The van der Waals surface area contributed by atoms with E-state index in [4.69, 9.17) is 0 Å². The Balaban J connectivity index is 1.24. The van der Waals surface area contributed by atoms with Crippen molar-refractivity contribution in [1.29, 1.82) is 0 Å². The first kappa shape index (κ1) is 19.9. The zero-order valence-electron chi connectivity index (χ0n) is 17.6. The van der Waals surface area contributed by atoms with Gasteiger partial charge in [0.15, 0.2) is 0 Å². The summed E-state index contributed by atoms with van der Waals surface area (Å²) in [6, 6.07) is 16.6. The first-order valence-electron chi connectivity index (χ1n) is 11.0. The number of hydrogen-bond donors (Lipinski definition) is 0. The summed E-state index contributed by atoms with van der Waals surface area (Å²) in [5.41, 5.74) is 2.88. The van der Waals surface area contributed by atoms with E-state index in [9.17, 15) is 9.18 Å². The summed E-state index contributed by atoms with van der Waals surface area (Å²) >= 11 is 0. The van der Waals surface area contributed by atoms with E-state index < -0.39 is 0 Å². The van der Waals surface area contributed by atoms with Crippen molar-refractivity contribution in [2.45, 2.75) is 25.8 Å². The number of piperidine rings is 1. The molecule has 31 heavy (non-hydrogen) atoms. The number of rotatable bonds is 4. The Morgan fingerprint density at radius 1 is 1.00 bits per heavy atom. The van der Waals surface area contributed by atoms with Crippen LogP contribution in [0.4, 0.5) is 4.39 Å². The van der Waals surface area contributed by atoms with Gasteiger partial charge in [-0.2, -0.15) is 5.10 Å². The smallest absolute Gasteiger partial charge is 0.257 e. The summed E-state index contributed by atoms with van der Waals surface area (Å²) in [5.74, 6) is -0.130. The van der Waals surface area contributed by atoms with E-state index in [0.717, 1.165) is 63.2 Å². The summed E-state index contributed by atoms with van der Waals surface area (Å²) in [4.78, 5) is 17.6. The van der Waals surface area contributed by atoms with E-state index in [2.05, 4.69) is 10.00 Å². The SMILES string of the molecule is O=C(c1cnn(-c2ccccc2)c1)N1CCC2(CCCN(Cc3ccc(F)cc3)C2)C1. The second kappa shape index (κ2) is 8.27.